The molecule has 0 atom stereocenters. The Morgan fingerprint density at radius 1 is 1.18 bits per heavy atom. The van der Waals surface area contributed by atoms with Gasteiger partial charge >= 0.3 is 0 Å². The molecule has 4 aromatic heterocycles. The molecule has 0 spiro atoms. The standard InChI is InChI=1S/C14H12N6S2/c1-2-6-19-8-11(15-13(19)5-1)10-22-14-16-17-18-20(14)9-12-4-3-7-21-12/h1-8H,9-10H2. The van der Waals surface area contributed by atoms with Gasteiger partial charge in [-0.1, -0.05) is 23.9 Å². The zero-order chi connectivity index (χ0) is 14.8. The first-order valence-electron chi connectivity index (χ1n) is 6.72. The second-order valence-corrected chi connectivity index (χ2v) is 6.66. The summed E-state index contributed by atoms with van der Waals surface area (Å²) in [5.41, 5.74) is 1.97. The number of fused-ring (bicyclic) bond motifs is 1. The highest BCUT2D eigenvalue weighted by molar-refractivity contribution is 7.98. The Bertz CT molecular complexity index is 847. The number of imidazole rings is 1. The van der Waals surface area contributed by atoms with Crippen molar-refractivity contribution in [1.29, 1.82) is 0 Å². The van der Waals surface area contributed by atoms with E-state index in [0.717, 1.165) is 22.3 Å². The number of rotatable bonds is 5. The summed E-state index contributed by atoms with van der Waals surface area (Å²) in [5, 5.41) is 14.8. The summed E-state index contributed by atoms with van der Waals surface area (Å²) in [7, 11) is 0. The SMILES string of the molecule is c1csc(Cn2nnnc2SCc2cn3ccccc3n2)c1. The maximum absolute atomic E-state index is 4.58. The molecule has 0 aliphatic carbocycles. The molecule has 0 radical (unpaired) electrons. The van der Waals surface area contributed by atoms with Crippen LogP contribution in [0.25, 0.3) is 5.65 Å². The van der Waals surface area contributed by atoms with Gasteiger partial charge in [0.1, 0.15) is 5.65 Å². The lowest BCUT2D eigenvalue weighted by atomic mass is 10.5. The molecule has 6 nitrogen and oxygen atoms in total. The zero-order valence-electron chi connectivity index (χ0n) is 11.5. The van der Waals surface area contributed by atoms with Crippen LogP contribution in [0, 0.1) is 0 Å². The van der Waals surface area contributed by atoms with Crippen LogP contribution in [-0.4, -0.2) is 29.6 Å². The number of thiophene rings is 1. The Morgan fingerprint density at radius 2 is 2.18 bits per heavy atom. The van der Waals surface area contributed by atoms with Crippen LogP contribution < -0.4 is 0 Å². The first kappa shape index (κ1) is 13.5. The van der Waals surface area contributed by atoms with Gasteiger partial charge in [-0.2, -0.15) is 0 Å². The van der Waals surface area contributed by atoms with Crippen LogP contribution >= 0.6 is 23.1 Å². The van der Waals surface area contributed by atoms with Crippen LogP contribution in [0.5, 0.6) is 0 Å². The van der Waals surface area contributed by atoms with E-state index < -0.39 is 0 Å². The molecule has 4 aromatic rings. The van der Waals surface area contributed by atoms with E-state index in [-0.39, 0.29) is 0 Å². The third kappa shape index (κ3) is 2.75. The average Bonchev–Trinajstić information content (AvgIpc) is 3.26. The Hall–Kier alpha value is -2.19. The average molecular weight is 328 g/mol. The van der Waals surface area contributed by atoms with Crippen molar-refractivity contribution in [3.63, 3.8) is 0 Å². The minimum Gasteiger partial charge on any atom is -0.307 e. The lowest BCUT2D eigenvalue weighted by molar-refractivity contribution is 0.608. The molecule has 4 rings (SSSR count). The van der Waals surface area contributed by atoms with Gasteiger partial charge in [-0.25, -0.2) is 9.67 Å². The quantitative estimate of drug-likeness (QED) is 0.527. The fraction of sp³-hybridized carbons (Fsp3) is 0.143. The summed E-state index contributed by atoms with van der Waals surface area (Å²) in [6.45, 7) is 0.707. The number of pyridine rings is 1. The Balaban J connectivity index is 1.48. The number of hydrogen-bond acceptors (Lipinski definition) is 6. The lowest BCUT2D eigenvalue weighted by Gasteiger charge is -2.01. The molecule has 0 unspecified atom stereocenters. The molecule has 22 heavy (non-hydrogen) atoms. The first-order chi connectivity index (χ1) is 10.9. The van der Waals surface area contributed by atoms with Gasteiger partial charge in [0.2, 0.25) is 5.16 Å². The molecule has 0 N–H and O–H groups in total. The number of aromatic nitrogens is 6. The molecule has 0 aromatic carbocycles. The minimum absolute atomic E-state index is 0.707. The van der Waals surface area contributed by atoms with Crippen molar-refractivity contribution in [1.82, 2.24) is 29.6 Å². The summed E-state index contributed by atoms with van der Waals surface area (Å²) in [5.74, 6) is 0.743. The third-order valence-corrected chi connectivity index (χ3v) is 5.00. The van der Waals surface area contributed by atoms with E-state index in [4.69, 9.17) is 0 Å². The molecule has 0 bridgehead atoms. The van der Waals surface area contributed by atoms with Crippen LogP contribution in [0.1, 0.15) is 10.6 Å². The van der Waals surface area contributed by atoms with Gasteiger partial charge in [-0.15, -0.1) is 16.4 Å². The van der Waals surface area contributed by atoms with Crippen LogP contribution in [0.4, 0.5) is 0 Å². The highest BCUT2D eigenvalue weighted by atomic mass is 32.2. The summed E-state index contributed by atoms with van der Waals surface area (Å²) in [6, 6.07) is 10.1. The van der Waals surface area contributed by atoms with Crippen LogP contribution in [0.2, 0.25) is 0 Å². The van der Waals surface area contributed by atoms with Crippen molar-refractivity contribution in [2.75, 3.05) is 0 Å². The molecule has 4 heterocycles. The highest BCUT2D eigenvalue weighted by Gasteiger charge is 2.09. The van der Waals surface area contributed by atoms with E-state index in [2.05, 4.69) is 32.0 Å². The number of tetrazole rings is 1. The Morgan fingerprint density at radius 3 is 3.05 bits per heavy atom. The number of thioether (sulfide) groups is 1. The predicted octanol–water partition coefficient (Wildman–Crippen LogP) is 2.72. The summed E-state index contributed by atoms with van der Waals surface area (Å²) in [4.78, 5) is 5.82. The van der Waals surface area contributed by atoms with Gasteiger partial charge in [-0.05, 0) is 34.0 Å². The van der Waals surface area contributed by atoms with Crippen LogP contribution in [0.3, 0.4) is 0 Å². The molecule has 110 valence electrons. The Labute approximate surface area is 134 Å². The van der Waals surface area contributed by atoms with Crippen LogP contribution in [-0.2, 0) is 12.3 Å². The van der Waals surface area contributed by atoms with Crippen molar-refractivity contribution < 1.29 is 0 Å². The van der Waals surface area contributed by atoms with E-state index in [1.165, 1.54) is 4.88 Å². The van der Waals surface area contributed by atoms with Gasteiger partial charge in [0.05, 0.1) is 12.2 Å². The smallest absolute Gasteiger partial charge is 0.210 e. The molecule has 0 fully saturated rings. The lowest BCUT2D eigenvalue weighted by Crippen LogP contribution is -2.02. The fourth-order valence-electron chi connectivity index (χ4n) is 2.14. The third-order valence-electron chi connectivity index (χ3n) is 3.15. The van der Waals surface area contributed by atoms with Crippen molar-refractivity contribution in [3.8, 4) is 0 Å². The maximum Gasteiger partial charge on any atom is 0.210 e. The topological polar surface area (TPSA) is 60.9 Å². The van der Waals surface area contributed by atoms with E-state index in [9.17, 15) is 0 Å². The molecule has 0 aliphatic heterocycles. The second-order valence-electron chi connectivity index (χ2n) is 4.69. The summed E-state index contributed by atoms with van der Waals surface area (Å²) >= 11 is 3.31. The van der Waals surface area contributed by atoms with Gasteiger partial charge in [0, 0.05) is 23.0 Å². The monoisotopic (exact) mass is 328 g/mol. The molecule has 0 saturated heterocycles. The van der Waals surface area contributed by atoms with Crippen LogP contribution in [0.15, 0.2) is 53.3 Å². The molecule has 0 amide bonds. The van der Waals surface area contributed by atoms with Crippen molar-refractivity contribution in [2.45, 2.75) is 17.5 Å². The van der Waals surface area contributed by atoms with E-state index in [0.29, 0.717) is 6.54 Å². The molecule has 0 saturated carbocycles. The first-order valence-corrected chi connectivity index (χ1v) is 8.59. The fourth-order valence-corrected chi connectivity index (χ4v) is 3.59. The normalized spacial score (nSPS) is 11.3. The second kappa shape index (κ2) is 5.90. The molecular weight excluding hydrogens is 316 g/mol. The summed E-state index contributed by atoms with van der Waals surface area (Å²) < 4.78 is 3.84. The van der Waals surface area contributed by atoms with Crippen molar-refractivity contribution in [3.05, 3.63) is 58.7 Å². The molecular formula is C14H12N6S2. The van der Waals surface area contributed by atoms with Gasteiger partial charge in [-0.3, -0.25) is 0 Å². The predicted molar refractivity (Wildman–Crippen MR) is 86.0 cm³/mol. The van der Waals surface area contributed by atoms with Gasteiger partial charge < -0.3 is 4.40 Å². The molecule has 0 aliphatic rings. The largest absolute Gasteiger partial charge is 0.307 e. The maximum atomic E-state index is 4.58. The van der Waals surface area contributed by atoms with E-state index in [1.54, 1.807) is 23.1 Å². The van der Waals surface area contributed by atoms with E-state index in [1.807, 2.05) is 45.7 Å². The van der Waals surface area contributed by atoms with Gasteiger partial charge in [0.25, 0.3) is 0 Å². The highest BCUT2D eigenvalue weighted by Crippen LogP contribution is 2.21. The molecule has 8 heteroatoms. The zero-order valence-corrected chi connectivity index (χ0v) is 13.2. The van der Waals surface area contributed by atoms with E-state index >= 15 is 0 Å². The number of hydrogen-bond donors (Lipinski definition) is 0. The van der Waals surface area contributed by atoms with Gasteiger partial charge in [0.15, 0.2) is 0 Å². The summed E-state index contributed by atoms with van der Waals surface area (Å²) in [6.07, 6.45) is 4.03. The Kier molecular flexibility index (Phi) is 3.61. The number of nitrogens with zero attached hydrogens (tertiary/aromatic N) is 6. The minimum atomic E-state index is 0.707. The van der Waals surface area contributed by atoms with Crippen molar-refractivity contribution >= 4 is 28.7 Å². The van der Waals surface area contributed by atoms with Crippen molar-refractivity contribution in [2.24, 2.45) is 0 Å².